The predicted molar refractivity (Wildman–Crippen MR) is 156 cm³/mol. The Kier molecular flexibility index (Phi) is 9.04. The lowest BCUT2D eigenvalue weighted by molar-refractivity contribution is -0.127. The van der Waals surface area contributed by atoms with Gasteiger partial charge in [-0.1, -0.05) is 61.5 Å². The van der Waals surface area contributed by atoms with Crippen molar-refractivity contribution >= 4 is 28.5 Å². The average molecular weight is 544 g/mol. The van der Waals surface area contributed by atoms with Crippen molar-refractivity contribution < 1.29 is 19.1 Å². The topological polar surface area (TPSA) is 98.6 Å². The van der Waals surface area contributed by atoms with Crippen molar-refractivity contribution in [2.45, 2.75) is 46.7 Å². The van der Waals surface area contributed by atoms with E-state index in [4.69, 9.17) is 9.47 Å². The van der Waals surface area contributed by atoms with Crippen LogP contribution in [0.4, 0.5) is 5.69 Å². The molecule has 0 bridgehead atoms. The Morgan fingerprint density at radius 3 is 2.33 bits per heavy atom. The lowest BCUT2D eigenvalue weighted by Gasteiger charge is -2.34. The van der Waals surface area contributed by atoms with Crippen molar-refractivity contribution in [2.24, 2.45) is 5.92 Å². The number of fused-ring (bicyclic) bond motifs is 1. The smallest absolute Gasteiger partial charge is 0.249 e. The molecule has 0 aliphatic heterocycles. The van der Waals surface area contributed by atoms with Gasteiger partial charge in [0, 0.05) is 12.1 Å². The molecule has 1 heterocycles. The molecule has 0 fully saturated rings. The molecule has 0 spiro atoms. The highest BCUT2D eigenvalue weighted by Crippen LogP contribution is 2.40. The molecule has 1 atom stereocenters. The summed E-state index contributed by atoms with van der Waals surface area (Å²) in [5.41, 5.74) is 4.31. The number of aryl methyl sites for hydroxylation is 2. The van der Waals surface area contributed by atoms with E-state index in [1.165, 1.54) is 7.11 Å². The number of rotatable bonds is 11. The quantitative estimate of drug-likeness (QED) is 0.286. The second-order valence-electron chi connectivity index (χ2n) is 10.2. The number of anilines is 1. The number of ether oxygens (including phenoxy) is 2. The highest BCUT2D eigenvalue weighted by molar-refractivity contribution is 6.03. The van der Waals surface area contributed by atoms with Gasteiger partial charge in [0.25, 0.3) is 0 Å². The molecule has 4 aromatic rings. The summed E-state index contributed by atoms with van der Waals surface area (Å²) in [6, 6.07) is 17.6. The normalized spacial score (nSPS) is 11.9. The summed E-state index contributed by atoms with van der Waals surface area (Å²) in [6.45, 7) is 8.43. The van der Waals surface area contributed by atoms with E-state index in [0.717, 1.165) is 23.1 Å². The van der Waals surface area contributed by atoms with Gasteiger partial charge in [-0.15, -0.1) is 5.10 Å². The lowest BCUT2D eigenvalue weighted by atomic mass is 9.98. The number of methoxy groups -OCH3 is 2. The Morgan fingerprint density at radius 2 is 1.65 bits per heavy atom. The van der Waals surface area contributed by atoms with Crippen LogP contribution in [0.2, 0.25) is 0 Å². The number of benzene rings is 3. The van der Waals surface area contributed by atoms with Gasteiger partial charge in [-0.2, -0.15) is 0 Å². The van der Waals surface area contributed by atoms with Crippen molar-refractivity contribution in [3.8, 4) is 11.5 Å². The summed E-state index contributed by atoms with van der Waals surface area (Å²) in [7, 11) is 3.07. The Bertz CT molecular complexity index is 1480. The van der Waals surface area contributed by atoms with Crippen molar-refractivity contribution in [1.29, 1.82) is 0 Å². The lowest BCUT2D eigenvalue weighted by Crippen LogP contribution is -2.46. The van der Waals surface area contributed by atoms with Crippen molar-refractivity contribution in [3.05, 3.63) is 77.4 Å². The fourth-order valence-electron chi connectivity index (χ4n) is 4.93. The SMILES string of the molecule is COc1cccc([C@@H](C(=O)NCCC(C)C)N(C(=O)Cn2nnc3ccccc32)c2c(C)cccc2C)c1OC. The van der Waals surface area contributed by atoms with Gasteiger partial charge in [0.15, 0.2) is 11.5 Å². The van der Waals surface area contributed by atoms with Crippen LogP contribution in [-0.4, -0.2) is 47.6 Å². The van der Waals surface area contributed by atoms with Gasteiger partial charge in [-0.05, 0) is 55.5 Å². The summed E-state index contributed by atoms with van der Waals surface area (Å²) < 4.78 is 12.9. The maximum atomic E-state index is 14.4. The highest BCUT2D eigenvalue weighted by atomic mass is 16.5. The molecule has 0 unspecified atom stereocenters. The van der Waals surface area contributed by atoms with E-state index in [1.54, 1.807) is 34.9 Å². The second-order valence-corrected chi connectivity index (χ2v) is 10.2. The van der Waals surface area contributed by atoms with Crippen LogP contribution < -0.4 is 19.7 Å². The molecule has 0 radical (unpaired) electrons. The van der Waals surface area contributed by atoms with E-state index in [-0.39, 0.29) is 18.4 Å². The number of para-hydroxylation sites is 3. The van der Waals surface area contributed by atoms with Gasteiger partial charge in [0.05, 0.1) is 25.4 Å². The fraction of sp³-hybridized carbons (Fsp3) is 0.355. The van der Waals surface area contributed by atoms with E-state index in [9.17, 15) is 9.59 Å². The fourth-order valence-corrected chi connectivity index (χ4v) is 4.93. The number of amides is 2. The molecule has 3 aromatic carbocycles. The summed E-state index contributed by atoms with van der Waals surface area (Å²) in [4.78, 5) is 30.1. The molecule has 0 aliphatic rings. The number of carbonyl (C=O) groups excluding carboxylic acids is 2. The van der Waals surface area contributed by atoms with Crippen LogP contribution in [0.15, 0.2) is 60.7 Å². The molecule has 1 aromatic heterocycles. The monoisotopic (exact) mass is 543 g/mol. The zero-order valence-electron chi connectivity index (χ0n) is 24.0. The summed E-state index contributed by atoms with van der Waals surface area (Å²) in [6.07, 6.45) is 0.802. The largest absolute Gasteiger partial charge is 0.493 e. The number of aromatic nitrogens is 3. The molecule has 2 amide bonds. The highest BCUT2D eigenvalue weighted by Gasteiger charge is 2.37. The Balaban J connectivity index is 1.90. The number of hydrogen-bond donors (Lipinski definition) is 1. The van der Waals surface area contributed by atoms with Gasteiger partial charge < -0.3 is 14.8 Å². The van der Waals surface area contributed by atoms with Gasteiger partial charge in [-0.25, -0.2) is 4.68 Å². The Hall–Kier alpha value is -4.40. The van der Waals surface area contributed by atoms with E-state index >= 15 is 0 Å². The van der Waals surface area contributed by atoms with Crippen LogP contribution in [0.25, 0.3) is 11.0 Å². The molecule has 210 valence electrons. The minimum atomic E-state index is -1.04. The number of nitrogens with zero attached hydrogens (tertiary/aromatic N) is 4. The Labute approximate surface area is 235 Å². The number of hydrogen-bond acceptors (Lipinski definition) is 6. The van der Waals surface area contributed by atoms with Gasteiger partial charge in [-0.3, -0.25) is 14.5 Å². The van der Waals surface area contributed by atoms with Gasteiger partial charge >= 0.3 is 0 Å². The zero-order chi connectivity index (χ0) is 28.8. The molecule has 9 heteroatoms. The maximum absolute atomic E-state index is 14.4. The van der Waals surface area contributed by atoms with E-state index in [0.29, 0.717) is 40.7 Å². The zero-order valence-corrected chi connectivity index (χ0v) is 24.0. The standard InChI is InChI=1S/C31H37N5O4/c1-20(2)17-18-32-31(38)29(23-13-10-16-26(39-5)30(23)40-6)36(28-21(3)11-9-12-22(28)4)27(37)19-35-25-15-8-7-14-24(25)33-34-35/h7-16,20,29H,17-19H2,1-6H3,(H,32,38)/t29-/m0/s1. The summed E-state index contributed by atoms with van der Waals surface area (Å²) in [5, 5.41) is 11.5. The van der Waals surface area contributed by atoms with E-state index in [2.05, 4.69) is 29.5 Å². The molecule has 0 aliphatic carbocycles. The Morgan fingerprint density at radius 1 is 0.950 bits per heavy atom. The van der Waals surface area contributed by atoms with Gasteiger partial charge in [0.1, 0.15) is 18.1 Å². The third-order valence-electron chi connectivity index (χ3n) is 6.91. The third kappa shape index (κ3) is 5.93. The van der Waals surface area contributed by atoms with E-state index < -0.39 is 6.04 Å². The van der Waals surface area contributed by atoms with Crippen molar-refractivity contribution in [3.63, 3.8) is 0 Å². The number of nitrogens with one attached hydrogen (secondary N) is 1. The molecule has 0 saturated carbocycles. The van der Waals surface area contributed by atoms with Gasteiger partial charge in [0.2, 0.25) is 11.8 Å². The molecule has 4 rings (SSSR count). The minimum absolute atomic E-state index is 0.115. The minimum Gasteiger partial charge on any atom is -0.493 e. The van der Waals surface area contributed by atoms with Crippen LogP contribution in [0.1, 0.15) is 43.0 Å². The molecular formula is C31H37N5O4. The molecule has 9 nitrogen and oxygen atoms in total. The third-order valence-corrected chi connectivity index (χ3v) is 6.91. The number of carbonyl (C=O) groups is 2. The van der Waals surface area contributed by atoms with Crippen LogP contribution >= 0.6 is 0 Å². The summed E-state index contributed by atoms with van der Waals surface area (Å²) in [5.74, 6) is 0.635. The molecule has 40 heavy (non-hydrogen) atoms. The van der Waals surface area contributed by atoms with Crippen molar-refractivity contribution in [1.82, 2.24) is 20.3 Å². The average Bonchev–Trinajstić information content (AvgIpc) is 3.34. The van der Waals surface area contributed by atoms with Crippen LogP contribution in [0.5, 0.6) is 11.5 Å². The first-order valence-electron chi connectivity index (χ1n) is 13.4. The molecule has 0 saturated heterocycles. The maximum Gasteiger partial charge on any atom is 0.249 e. The first-order valence-corrected chi connectivity index (χ1v) is 13.4. The first-order chi connectivity index (χ1) is 19.3. The van der Waals surface area contributed by atoms with Crippen LogP contribution in [0.3, 0.4) is 0 Å². The van der Waals surface area contributed by atoms with Crippen molar-refractivity contribution in [2.75, 3.05) is 25.7 Å². The molecule has 1 N–H and O–H groups in total. The summed E-state index contributed by atoms with van der Waals surface area (Å²) >= 11 is 0. The predicted octanol–water partition coefficient (Wildman–Crippen LogP) is 5.00. The van der Waals surface area contributed by atoms with E-state index in [1.807, 2.05) is 56.3 Å². The molecular weight excluding hydrogens is 506 g/mol. The van der Waals surface area contributed by atoms with Crippen LogP contribution in [0, 0.1) is 19.8 Å². The second kappa shape index (κ2) is 12.6. The first kappa shape index (κ1) is 28.6. The van der Waals surface area contributed by atoms with Crippen LogP contribution in [-0.2, 0) is 16.1 Å².